The quantitative estimate of drug-likeness (QED) is 0.704. The van der Waals surface area contributed by atoms with Crippen LogP contribution in [-0.2, 0) is 0 Å². The number of aromatic nitrogens is 1. The maximum absolute atomic E-state index is 12.5. The minimum atomic E-state index is -0.193. The van der Waals surface area contributed by atoms with Crippen LogP contribution in [0.25, 0.3) is 17.0 Å². The number of aryl methyl sites for hydroxylation is 1. The van der Waals surface area contributed by atoms with Gasteiger partial charge in [0.25, 0.3) is 0 Å². The van der Waals surface area contributed by atoms with Gasteiger partial charge in [-0.2, -0.15) is 0 Å². The average molecular weight is 321 g/mol. The van der Waals surface area contributed by atoms with Gasteiger partial charge in [0.1, 0.15) is 17.2 Å². The van der Waals surface area contributed by atoms with E-state index in [0.29, 0.717) is 11.3 Å². The molecule has 1 aliphatic heterocycles. The molecule has 1 aliphatic rings. The standard InChI is InChI=1S/C19H15NO4/c1-10-14(15-8-12(23-2)4-6-16(15)20-10)9-18-19(22)13-5-3-11(21)7-17(13)24-18/h3-9,20-21H,1-2H3. The van der Waals surface area contributed by atoms with Gasteiger partial charge in [0.15, 0.2) is 5.76 Å². The Morgan fingerprint density at radius 1 is 1.21 bits per heavy atom. The van der Waals surface area contributed by atoms with Crippen LogP contribution in [-0.4, -0.2) is 23.0 Å². The molecule has 3 aromatic rings. The molecule has 2 aromatic carbocycles. The van der Waals surface area contributed by atoms with Gasteiger partial charge in [0, 0.05) is 28.2 Å². The Kier molecular flexibility index (Phi) is 3.09. The van der Waals surface area contributed by atoms with Gasteiger partial charge in [-0.05, 0) is 43.3 Å². The van der Waals surface area contributed by atoms with Crippen molar-refractivity contribution in [3.8, 4) is 17.2 Å². The lowest BCUT2D eigenvalue weighted by Gasteiger charge is -2.01. The zero-order chi connectivity index (χ0) is 16.8. The van der Waals surface area contributed by atoms with E-state index in [1.165, 1.54) is 12.1 Å². The molecule has 0 radical (unpaired) electrons. The van der Waals surface area contributed by atoms with Crippen molar-refractivity contribution in [3.63, 3.8) is 0 Å². The fourth-order valence-corrected chi connectivity index (χ4v) is 2.95. The van der Waals surface area contributed by atoms with Crippen molar-refractivity contribution < 1.29 is 19.4 Å². The summed E-state index contributed by atoms with van der Waals surface area (Å²) >= 11 is 0. The molecule has 0 bridgehead atoms. The second-order valence-electron chi connectivity index (χ2n) is 5.70. The molecule has 5 nitrogen and oxygen atoms in total. The van der Waals surface area contributed by atoms with E-state index >= 15 is 0 Å². The van der Waals surface area contributed by atoms with Gasteiger partial charge in [0.2, 0.25) is 5.78 Å². The van der Waals surface area contributed by atoms with E-state index in [-0.39, 0.29) is 17.3 Å². The van der Waals surface area contributed by atoms with Crippen molar-refractivity contribution in [1.82, 2.24) is 4.98 Å². The Labute approximate surface area is 138 Å². The molecule has 0 spiro atoms. The lowest BCUT2D eigenvalue weighted by molar-refractivity contribution is 0.101. The van der Waals surface area contributed by atoms with Crippen LogP contribution in [0.15, 0.2) is 42.2 Å². The number of aromatic amines is 1. The number of fused-ring (bicyclic) bond motifs is 2. The van der Waals surface area contributed by atoms with E-state index in [4.69, 9.17) is 9.47 Å². The predicted octanol–water partition coefficient (Wildman–Crippen LogP) is 3.81. The first-order valence-corrected chi connectivity index (χ1v) is 7.50. The minimum absolute atomic E-state index is 0.0656. The first-order valence-electron chi connectivity index (χ1n) is 7.50. The van der Waals surface area contributed by atoms with Crippen LogP contribution < -0.4 is 9.47 Å². The SMILES string of the molecule is COc1ccc2[nH]c(C)c(C=C3Oc4cc(O)ccc4C3=O)c2c1. The number of carbonyl (C=O) groups is 1. The molecular formula is C19H15NO4. The third-order valence-electron chi connectivity index (χ3n) is 4.17. The van der Waals surface area contributed by atoms with Crippen molar-refractivity contribution in [2.45, 2.75) is 6.92 Å². The highest BCUT2D eigenvalue weighted by atomic mass is 16.5. The summed E-state index contributed by atoms with van der Waals surface area (Å²) < 4.78 is 10.9. The van der Waals surface area contributed by atoms with Crippen molar-refractivity contribution in [2.75, 3.05) is 7.11 Å². The molecule has 2 heterocycles. The van der Waals surface area contributed by atoms with Crippen LogP contribution in [0, 0.1) is 6.92 Å². The van der Waals surface area contributed by atoms with E-state index < -0.39 is 0 Å². The van der Waals surface area contributed by atoms with Gasteiger partial charge in [-0.25, -0.2) is 0 Å². The minimum Gasteiger partial charge on any atom is -0.508 e. The summed E-state index contributed by atoms with van der Waals surface area (Å²) in [5.74, 6) is 1.23. The number of carbonyl (C=O) groups excluding carboxylic acids is 1. The van der Waals surface area contributed by atoms with Gasteiger partial charge in [-0.15, -0.1) is 0 Å². The molecule has 0 aliphatic carbocycles. The van der Waals surface area contributed by atoms with Crippen LogP contribution in [0.4, 0.5) is 0 Å². The summed E-state index contributed by atoms with van der Waals surface area (Å²) in [6.45, 7) is 1.94. The molecule has 0 unspecified atom stereocenters. The highest BCUT2D eigenvalue weighted by Gasteiger charge is 2.28. The van der Waals surface area contributed by atoms with E-state index in [1.807, 2.05) is 25.1 Å². The molecule has 5 heteroatoms. The molecule has 0 amide bonds. The van der Waals surface area contributed by atoms with Crippen LogP contribution in [0.3, 0.4) is 0 Å². The number of Topliss-reactive ketones (excluding diaryl/α,β-unsaturated/α-hetero) is 1. The summed E-state index contributed by atoms with van der Waals surface area (Å²) in [6.07, 6.45) is 1.73. The van der Waals surface area contributed by atoms with E-state index in [1.54, 1.807) is 19.3 Å². The van der Waals surface area contributed by atoms with Gasteiger partial charge in [0.05, 0.1) is 12.7 Å². The number of hydrogen-bond donors (Lipinski definition) is 2. The fourth-order valence-electron chi connectivity index (χ4n) is 2.95. The summed E-state index contributed by atoms with van der Waals surface area (Å²) in [4.78, 5) is 15.8. The molecule has 0 fully saturated rings. The zero-order valence-electron chi connectivity index (χ0n) is 13.2. The van der Waals surface area contributed by atoms with E-state index in [9.17, 15) is 9.90 Å². The number of H-pyrrole nitrogens is 1. The van der Waals surface area contributed by atoms with Gasteiger partial charge >= 0.3 is 0 Å². The molecule has 24 heavy (non-hydrogen) atoms. The fraction of sp³-hybridized carbons (Fsp3) is 0.105. The number of benzene rings is 2. The Balaban J connectivity index is 1.83. The Morgan fingerprint density at radius 3 is 2.83 bits per heavy atom. The smallest absolute Gasteiger partial charge is 0.231 e. The highest BCUT2D eigenvalue weighted by molar-refractivity contribution is 6.15. The van der Waals surface area contributed by atoms with Crippen LogP contribution >= 0.6 is 0 Å². The molecule has 2 N–H and O–H groups in total. The van der Waals surface area contributed by atoms with Gasteiger partial charge in [-0.1, -0.05) is 0 Å². The number of hydrogen-bond acceptors (Lipinski definition) is 4. The monoisotopic (exact) mass is 321 g/mol. The number of phenolic OH excluding ortho intramolecular Hbond substituents is 1. The molecule has 1 aromatic heterocycles. The summed E-state index contributed by atoms with van der Waals surface area (Å²) in [7, 11) is 1.62. The molecule has 0 saturated heterocycles. The summed E-state index contributed by atoms with van der Waals surface area (Å²) in [5, 5.41) is 10.5. The lowest BCUT2D eigenvalue weighted by atomic mass is 10.1. The number of methoxy groups -OCH3 is 1. The normalized spacial score (nSPS) is 14.9. The Bertz CT molecular complexity index is 1010. The third kappa shape index (κ3) is 2.13. The number of aromatic hydroxyl groups is 1. The number of allylic oxidation sites excluding steroid dienone is 1. The second kappa shape index (κ2) is 5.16. The van der Waals surface area contributed by atoms with Crippen LogP contribution in [0.5, 0.6) is 17.2 Å². The molecular weight excluding hydrogens is 306 g/mol. The van der Waals surface area contributed by atoms with Crippen LogP contribution in [0.1, 0.15) is 21.6 Å². The molecule has 0 atom stereocenters. The molecule has 4 rings (SSSR count). The maximum Gasteiger partial charge on any atom is 0.231 e. The molecule has 120 valence electrons. The Morgan fingerprint density at radius 2 is 2.04 bits per heavy atom. The van der Waals surface area contributed by atoms with E-state index in [2.05, 4.69) is 4.98 Å². The van der Waals surface area contributed by atoms with Crippen molar-refractivity contribution in [1.29, 1.82) is 0 Å². The Hall–Kier alpha value is -3.21. The van der Waals surface area contributed by atoms with Crippen molar-refractivity contribution >= 4 is 22.8 Å². The average Bonchev–Trinajstić information content (AvgIpc) is 3.04. The number of rotatable bonds is 2. The highest BCUT2D eigenvalue weighted by Crippen LogP contribution is 2.36. The van der Waals surface area contributed by atoms with Crippen molar-refractivity contribution in [2.24, 2.45) is 0 Å². The maximum atomic E-state index is 12.5. The lowest BCUT2D eigenvalue weighted by Crippen LogP contribution is -1.98. The molecule has 0 saturated carbocycles. The second-order valence-corrected chi connectivity index (χ2v) is 5.70. The first-order chi connectivity index (χ1) is 11.6. The largest absolute Gasteiger partial charge is 0.508 e. The van der Waals surface area contributed by atoms with Crippen LogP contribution in [0.2, 0.25) is 0 Å². The number of ketones is 1. The summed E-state index contributed by atoms with van der Waals surface area (Å²) in [6, 6.07) is 10.2. The third-order valence-corrected chi connectivity index (χ3v) is 4.17. The number of phenols is 1. The van der Waals surface area contributed by atoms with Crippen molar-refractivity contribution in [3.05, 3.63) is 59.0 Å². The number of nitrogens with one attached hydrogen (secondary N) is 1. The van der Waals surface area contributed by atoms with Gasteiger partial charge < -0.3 is 19.6 Å². The first kappa shape index (κ1) is 14.4. The number of ether oxygens (including phenoxy) is 2. The topological polar surface area (TPSA) is 71.6 Å². The van der Waals surface area contributed by atoms with E-state index in [0.717, 1.165) is 27.9 Å². The summed E-state index contributed by atoms with van der Waals surface area (Å²) in [5.41, 5.74) is 3.22. The predicted molar refractivity (Wildman–Crippen MR) is 90.6 cm³/mol. The zero-order valence-corrected chi connectivity index (χ0v) is 13.2. The van der Waals surface area contributed by atoms with Gasteiger partial charge in [-0.3, -0.25) is 4.79 Å².